The Kier molecular flexibility index (Phi) is 7.00. The van der Waals surface area contributed by atoms with Crippen LogP contribution in [0.1, 0.15) is 31.7 Å². The van der Waals surface area contributed by atoms with E-state index in [1.54, 1.807) is 19.2 Å². The molecule has 1 aromatic rings. The molecule has 0 unspecified atom stereocenters. The molecule has 2 saturated heterocycles. The number of benzene rings is 1. The number of hydrogen-bond donors (Lipinski definition) is 2. The summed E-state index contributed by atoms with van der Waals surface area (Å²) in [6.07, 6.45) is 3.68. The molecule has 2 aliphatic heterocycles. The summed E-state index contributed by atoms with van der Waals surface area (Å²) in [6.45, 7) is 2.36. The molecule has 2 fully saturated rings. The van der Waals surface area contributed by atoms with Gasteiger partial charge >= 0.3 is 7.12 Å². The lowest BCUT2D eigenvalue weighted by atomic mass is 9.58. The maximum atomic E-state index is 12.9. The number of imide groups is 1. The summed E-state index contributed by atoms with van der Waals surface area (Å²) in [5, 5.41) is 20.5. The van der Waals surface area contributed by atoms with E-state index >= 15 is 0 Å². The van der Waals surface area contributed by atoms with Crippen LogP contribution in [0.5, 0.6) is 5.75 Å². The highest BCUT2D eigenvalue weighted by Crippen LogP contribution is 2.50. The Morgan fingerprint density at radius 1 is 1.33 bits per heavy atom. The van der Waals surface area contributed by atoms with Crippen molar-refractivity contribution in [1.82, 2.24) is 4.90 Å². The number of nitrogens with zero attached hydrogens (tertiary/aromatic N) is 1. The molecule has 33 heavy (non-hydrogen) atoms. The second-order valence-electron chi connectivity index (χ2n) is 9.22. The molecule has 0 radical (unpaired) electrons. The number of aromatic hydroxyl groups is 1. The van der Waals surface area contributed by atoms with Gasteiger partial charge in [-0.05, 0) is 73.3 Å². The minimum absolute atomic E-state index is 0.115. The van der Waals surface area contributed by atoms with Crippen molar-refractivity contribution >= 4 is 36.6 Å². The SMILES string of the molecule is COCC1=C2[C@@H](CC/C(C)=C/c3ccc(O)cc3Cl)OB(O)C[C@@H]2[C@@H]2C(=O)N(C)C(=O)[C@@H]2C1. The minimum Gasteiger partial charge on any atom is -0.508 e. The number of carbonyl (C=O) groups is 2. The summed E-state index contributed by atoms with van der Waals surface area (Å²) in [7, 11) is 2.16. The summed E-state index contributed by atoms with van der Waals surface area (Å²) in [6, 6.07) is 4.86. The molecule has 4 rings (SSSR count). The van der Waals surface area contributed by atoms with Gasteiger partial charge in [-0.25, -0.2) is 0 Å². The van der Waals surface area contributed by atoms with Crippen LogP contribution < -0.4 is 0 Å². The molecule has 1 aromatic carbocycles. The third-order valence-electron chi connectivity index (χ3n) is 7.03. The number of halogens is 1. The van der Waals surface area contributed by atoms with Crippen LogP contribution in [0.3, 0.4) is 0 Å². The lowest BCUT2D eigenvalue weighted by molar-refractivity contribution is -0.138. The van der Waals surface area contributed by atoms with Crippen LogP contribution in [0.4, 0.5) is 0 Å². The second-order valence-corrected chi connectivity index (χ2v) is 9.63. The molecule has 2 heterocycles. The summed E-state index contributed by atoms with van der Waals surface area (Å²) in [4.78, 5) is 26.8. The predicted molar refractivity (Wildman–Crippen MR) is 125 cm³/mol. The number of allylic oxidation sites excluding steroid dienone is 1. The largest absolute Gasteiger partial charge is 0.508 e. The lowest BCUT2D eigenvalue weighted by Gasteiger charge is -2.43. The van der Waals surface area contributed by atoms with Crippen LogP contribution >= 0.6 is 11.6 Å². The monoisotopic (exact) mass is 473 g/mol. The topological polar surface area (TPSA) is 96.3 Å². The molecule has 0 bridgehead atoms. The molecule has 0 spiro atoms. The zero-order valence-electron chi connectivity index (χ0n) is 19.1. The first kappa shape index (κ1) is 24.0. The van der Waals surface area contributed by atoms with Gasteiger partial charge in [0.25, 0.3) is 0 Å². The maximum Gasteiger partial charge on any atom is 0.455 e. The van der Waals surface area contributed by atoms with Crippen LogP contribution in [0.15, 0.2) is 34.9 Å². The first-order valence-electron chi connectivity index (χ1n) is 11.2. The first-order chi connectivity index (χ1) is 15.7. The molecule has 2 amide bonds. The van der Waals surface area contributed by atoms with Crippen molar-refractivity contribution in [3.63, 3.8) is 0 Å². The number of fused-ring (bicyclic) bond motifs is 3. The van der Waals surface area contributed by atoms with E-state index in [2.05, 4.69) is 0 Å². The average molecular weight is 474 g/mol. The highest BCUT2D eigenvalue weighted by molar-refractivity contribution is 6.43. The number of phenols is 1. The van der Waals surface area contributed by atoms with Gasteiger partial charge in [0, 0.05) is 14.2 Å². The van der Waals surface area contributed by atoms with Crippen molar-refractivity contribution in [3.8, 4) is 5.75 Å². The van der Waals surface area contributed by atoms with Gasteiger partial charge in [-0.2, -0.15) is 0 Å². The van der Waals surface area contributed by atoms with Crippen LogP contribution in [0, 0.1) is 17.8 Å². The maximum absolute atomic E-state index is 12.9. The van der Waals surface area contributed by atoms with Gasteiger partial charge in [0.05, 0.1) is 29.6 Å². The van der Waals surface area contributed by atoms with Gasteiger partial charge in [-0.15, -0.1) is 0 Å². The van der Waals surface area contributed by atoms with Crippen molar-refractivity contribution in [1.29, 1.82) is 0 Å². The molecule has 2 N–H and O–H groups in total. The van der Waals surface area contributed by atoms with E-state index in [1.807, 2.05) is 13.0 Å². The van der Waals surface area contributed by atoms with Gasteiger partial charge < -0.3 is 19.5 Å². The van der Waals surface area contributed by atoms with Crippen molar-refractivity contribution in [2.45, 2.75) is 38.6 Å². The average Bonchev–Trinajstić information content (AvgIpc) is 2.98. The fourth-order valence-electron chi connectivity index (χ4n) is 5.56. The smallest absolute Gasteiger partial charge is 0.455 e. The van der Waals surface area contributed by atoms with E-state index in [1.165, 1.54) is 18.0 Å². The van der Waals surface area contributed by atoms with E-state index in [9.17, 15) is 19.7 Å². The third-order valence-corrected chi connectivity index (χ3v) is 7.36. The van der Waals surface area contributed by atoms with E-state index in [4.69, 9.17) is 21.0 Å². The molecular formula is C24H29BClNO6. The Balaban J connectivity index is 1.59. The normalized spacial score (nSPS) is 27.8. The number of ether oxygens (including phenoxy) is 1. The molecule has 0 saturated carbocycles. The van der Waals surface area contributed by atoms with Crippen molar-refractivity contribution in [3.05, 3.63) is 45.5 Å². The standard InChI is InChI=1S/C24H29BClNO6/c1-13(8-14-5-6-16(28)10-19(14)26)4-7-20-21-15(12-32-3)9-17-22(18(21)11-25(31)33-20)24(30)27(2)23(17)29/h5-6,8,10,17-18,20,22,28,31H,4,7,9,11-12H2,1-3H3/b13-8+/t17-,18+,20-,22-/m1/s1. The van der Waals surface area contributed by atoms with E-state index in [0.717, 1.165) is 22.3 Å². The number of methoxy groups -OCH3 is 1. The van der Waals surface area contributed by atoms with Crippen LogP contribution in [0.2, 0.25) is 11.3 Å². The van der Waals surface area contributed by atoms with Gasteiger partial charge in [0.2, 0.25) is 11.8 Å². The predicted octanol–water partition coefficient (Wildman–Crippen LogP) is 3.30. The lowest BCUT2D eigenvalue weighted by Crippen LogP contribution is -2.46. The number of amides is 2. The Labute approximate surface area is 199 Å². The quantitative estimate of drug-likeness (QED) is 0.374. The molecular weight excluding hydrogens is 445 g/mol. The third kappa shape index (κ3) is 4.62. The van der Waals surface area contributed by atoms with Crippen LogP contribution in [0.25, 0.3) is 6.08 Å². The van der Waals surface area contributed by atoms with Crippen molar-refractivity contribution in [2.24, 2.45) is 17.8 Å². The van der Waals surface area contributed by atoms with Crippen molar-refractivity contribution in [2.75, 3.05) is 20.8 Å². The fourth-order valence-corrected chi connectivity index (χ4v) is 5.79. The van der Waals surface area contributed by atoms with Gasteiger partial charge in [-0.3, -0.25) is 14.5 Å². The minimum atomic E-state index is -0.990. The van der Waals surface area contributed by atoms with Crippen molar-refractivity contribution < 1.29 is 29.1 Å². The number of rotatable bonds is 6. The Hall–Kier alpha value is -2.13. The summed E-state index contributed by atoms with van der Waals surface area (Å²) >= 11 is 6.23. The molecule has 7 nitrogen and oxygen atoms in total. The molecule has 0 aromatic heterocycles. The zero-order valence-corrected chi connectivity index (χ0v) is 19.8. The highest BCUT2D eigenvalue weighted by Gasteiger charge is 2.56. The number of carbonyl (C=O) groups excluding carboxylic acids is 2. The summed E-state index contributed by atoms with van der Waals surface area (Å²) in [5.74, 6) is -1.30. The zero-order chi connectivity index (χ0) is 23.9. The highest BCUT2D eigenvalue weighted by atomic mass is 35.5. The van der Waals surface area contributed by atoms with Crippen LogP contribution in [-0.4, -0.2) is 60.8 Å². The van der Waals surface area contributed by atoms with Crippen LogP contribution in [-0.2, 0) is 19.0 Å². The fraction of sp³-hybridized carbons (Fsp3) is 0.500. The number of likely N-dealkylation sites (tertiary alicyclic amines) is 1. The van der Waals surface area contributed by atoms with E-state index in [0.29, 0.717) is 37.2 Å². The number of phenolic OH excluding ortho intramolecular Hbond substituents is 1. The molecule has 1 aliphatic carbocycles. The Morgan fingerprint density at radius 2 is 2.09 bits per heavy atom. The molecule has 9 heteroatoms. The molecule has 3 aliphatic rings. The van der Waals surface area contributed by atoms with E-state index < -0.39 is 19.0 Å². The van der Waals surface area contributed by atoms with Gasteiger partial charge in [0.15, 0.2) is 0 Å². The van der Waals surface area contributed by atoms with Gasteiger partial charge in [-0.1, -0.05) is 23.3 Å². The van der Waals surface area contributed by atoms with E-state index in [-0.39, 0.29) is 29.6 Å². The second kappa shape index (κ2) is 9.62. The Morgan fingerprint density at radius 3 is 2.79 bits per heavy atom. The number of hydrogen-bond acceptors (Lipinski definition) is 6. The van der Waals surface area contributed by atoms with Gasteiger partial charge in [0.1, 0.15) is 5.75 Å². The molecule has 4 atom stereocenters. The summed E-state index contributed by atoms with van der Waals surface area (Å²) < 4.78 is 11.4. The summed E-state index contributed by atoms with van der Waals surface area (Å²) in [5.41, 5.74) is 3.89. The Bertz CT molecular complexity index is 1020. The molecule has 176 valence electrons. The first-order valence-corrected chi connectivity index (χ1v) is 11.6.